The lowest BCUT2D eigenvalue weighted by Crippen LogP contribution is -2.35. The molecule has 0 radical (unpaired) electrons. The van der Waals surface area contributed by atoms with Crippen LogP contribution in [0.4, 0.5) is 0 Å². The standard InChI is InChI=1S/C16H22N2O2S/c1-18(10-13-3-2-8-20-11-13)15(19)9-12-4-6-14(7-5-12)16(17)21/h4-7,13H,2-3,8-11H2,1H3,(H2,17,21). The summed E-state index contributed by atoms with van der Waals surface area (Å²) in [6.45, 7) is 2.38. The minimum Gasteiger partial charge on any atom is -0.389 e. The Morgan fingerprint density at radius 3 is 2.71 bits per heavy atom. The smallest absolute Gasteiger partial charge is 0.226 e. The van der Waals surface area contributed by atoms with Gasteiger partial charge in [0, 0.05) is 25.8 Å². The lowest BCUT2D eigenvalue weighted by molar-refractivity contribution is -0.130. The van der Waals surface area contributed by atoms with E-state index in [1.807, 2.05) is 31.3 Å². The lowest BCUT2D eigenvalue weighted by atomic mass is 10.0. The number of carbonyl (C=O) groups excluding carboxylic acids is 1. The maximum atomic E-state index is 12.2. The lowest BCUT2D eigenvalue weighted by Gasteiger charge is -2.27. The highest BCUT2D eigenvalue weighted by molar-refractivity contribution is 7.80. The summed E-state index contributed by atoms with van der Waals surface area (Å²) in [5, 5.41) is 0. The molecule has 1 unspecified atom stereocenters. The predicted molar refractivity (Wildman–Crippen MR) is 87.2 cm³/mol. The number of ether oxygens (including phenoxy) is 1. The highest BCUT2D eigenvalue weighted by atomic mass is 32.1. The quantitative estimate of drug-likeness (QED) is 0.842. The average Bonchev–Trinajstić information content (AvgIpc) is 2.48. The average molecular weight is 306 g/mol. The highest BCUT2D eigenvalue weighted by Crippen LogP contribution is 2.15. The van der Waals surface area contributed by atoms with Crippen LogP contribution in [-0.2, 0) is 16.0 Å². The van der Waals surface area contributed by atoms with E-state index in [4.69, 9.17) is 22.7 Å². The van der Waals surface area contributed by atoms with Gasteiger partial charge in [0.05, 0.1) is 13.0 Å². The molecule has 0 saturated carbocycles. The SMILES string of the molecule is CN(CC1CCCOC1)C(=O)Cc1ccc(C(N)=S)cc1. The number of rotatable bonds is 5. The van der Waals surface area contributed by atoms with Crippen LogP contribution in [0.2, 0.25) is 0 Å². The first-order valence-electron chi connectivity index (χ1n) is 7.26. The van der Waals surface area contributed by atoms with Crippen LogP contribution >= 0.6 is 12.2 Å². The van der Waals surface area contributed by atoms with Gasteiger partial charge in [0.15, 0.2) is 0 Å². The topological polar surface area (TPSA) is 55.6 Å². The second-order valence-electron chi connectivity index (χ2n) is 5.60. The van der Waals surface area contributed by atoms with Gasteiger partial charge in [0.1, 0.15) is 4.99 Å². The van der Waals surface area contributed by atoms with E-state index < -0.39 is 0 Å². The van der Waals surface area contributed by atoms with E-state index >= 15 is 0 Å². The predicted octanol–water partition coefficient (Wildman–Crippen LogP) is 1.75. The Labute approximate surface area is 131 Å². The minimum atomic E-state index is 0.128. The molecule has 1 aliphatic heterocycles. The van der Waals surface area contributed by atoms with E-state index in [1.54, 1.807) is 4.90 Å². The molecule has 0 aromatic heterocycles. The van der Waals surface area contributed by atoms with Gasteiger partial charge < -0.3 is 15.4 Å². The molecular formula is C16H22N2O2S. The first kappa shape index (κ1) is 15.9. The summed E-state index contributed by atoms with van der Waals surface area (Å²) in [4.78, 5) is 14.4. The molecule has 1 aromatic carbocycles. The molecule has 5 heteroatoms. The third-order valence-corrected chi connectivity index (χ3v) is 4.04. The zero-order valence-electron chi connectivity index (χ0n) is 12.4. The fourth-order valence-corrected chi connectivity index (χ4v) is 2.67. The van der Waals surface area contributed by atoms with Crippen LogP contribution in [0, 0.1) is 5.92 Å². The van der Waals surface area contributed by atoms with Crippen molar-refractivity contribution in [2.75, 3.05) is 26.8 Å². The molecule has 2 rings (SSSR count). The number of likely N-dealkylation sites (N-methyl/N-ethyl adjacent to an activating group) is 1. The Morgan fingerprint density at radius 1 is 1.43 bits per heavy atom. The van der Waals surface area contributed by atoms with Gasteiger partial charge in [-0.05, 0) is 24.3 Å². The van der Waals surface area contributed by atoms with Gasteiger partial charge in [-0.1, -0.05) is 36.5 Å². The van der Waals surface area contributed by atoms with Gasteiger partial charge in [-0.2, -0.15) is 0 Å². The second kappa shape index (κ2) is 7.52. The zero-order chi connectivity index (χ0) is 15.2. The third-order valence-electron chi connectivity index (χ3n) is 3.81. The summed E-state index contributed by atoms with van der Waals surface area (Å²) in [5.74, 6) is 0.591. The first-order chi connectivity index (χ1) is 10.1. The summed E-state index contributed by atoms with van der Waals surface area (Å²) in [5.41, 5.74) is 7.37. The molecule has 1 atom stereocenters. The molecule has 4 nitrogen and oxygen atoms in total. The molecule has 1 saturated heterocycles. The van der Waals surface area contributed by atoms with Crippen molar-refractivity contribution in [3.63, 3.8) is 0 Å². The van der Waals surface area contributed by atoms with Crippen LogP contribution in [0.1, 0.15) is 24.0 Å². The van der Waals surface area contributed by atoms with Crippen LogP contribution in [-0.4, -0.2) is 42.6 Å². The largest absolute Gasteiger partial charge is 0.389 e. The van der Waals surface area contributed by atoms with Crippen molar-refractivity contribution >= 4 is 23.1 Å². The fourth-order valence-electron chi connectivity index (χ4n) is 2.54. The summed E-state index contributed by atoms with van der Waals surface area (Å²) in [7, 11) is 1.86. The molecule has 1 aromatic rings. The molecule has 0 aliphatic carbocycles. The van der Waals surface area contributed by atoms with Crippen LogP contribution in [0.15, 0.2) is 24.3 Å². The van der Waals surface area contributed by atoms with Crippen LogP contribution in [0.25, 0.3) is 0 Å². The normalized spacial score (nSPS) is 18.2. The van der Waals surface area contributed by atoms with Gasteiger partial charge in [0.25, 0.3) is 0 Å². The van der Waals surface area contributed by atoms with Gasteiger partial charge in [-0.3, -0.25) is 4.79 Å². The Bertz CT molecular complexity index is 496. The molecule has 21 heavy (non-hydrogen) atoms. The zero-order valence-corrected chi connectivity index (χ0v) is 13.2. The number of nitrogens with two attached hydrogens (primary N) is 1. The van der Waals surface area contributed by atoms with Crippen molar-refractivity contribution in [2.24, 2.45) is 11.7 Å². The molecule has 0 bridgehead atoms. The van der Waals surface area contributed by atoms with Crippen molar-refractivity contribution in [1.29, 1.82) is 0 Å². The van der Waals surface area contributed by atoms with Crippen molar-refractivity contribution in [3.05, 3.63) is 35.4 Å². The summed E-state index contributed by atoms with van der Waals surface area (Å²) in [6, 6.07) is 7.54. The molecule has 1 aliphatic rings. The number of benzene rings is 1. The van der Waals surface area contributed by atoms with Crippen LogP contribution in [0.5, 0.6) is 0 Å². The molecule has 1 fully saturated rings. The summed E-state index contributed by atoms with van der Waals surface area (Å²) < 4.78 is 5.45. The van der Waals surface area contributed by atoms with E-state index in [9.17, 15) is 4.79 Å². The summed E-state index contributed by atoms with van der Waals surface area (Å²) in [6.07, 6.45) is 2.63. The molecule has 2 N–H and O–H groups in total. The van der Waals surface area contributed by atoms with Gasteiger partial charge in [-0.15, -0.1) is 0 Å². The van der Waals surface area contributed by atoms with E-state index in [2.05, 4.69) is 0 Å². The Balaban J connectivity index is 1.86. The number of amides is 1. The van der Waals surface area contributed by atoms with Crippen molar-refractivity contribution in [1.82, 2.24) is 4.90 Å². The van der Waals surface area contributed by atoms with E-state index in [-0.39, 0.29) is 5.91 Å². The maximum Gasteiger partial charge on any atom is 0.226 e. The van der Waals surface area contributed by atoms with E-state index in [0.29, 0.717) is 17.3 Å². The van der Waals surface area contributed by atoms with Crippen molar-refractivity contribution in [2.45, 2.75) is 19.3 Å². The van der Waals surface area contributed by atoms with E-state index in [1.165, 1.54) is 0 Å². The number of thiocarbonyl (C=S) groups is 1. The number of carbonyl (C=O) groups is 1. The third kappa shape index (κ3) is 4.79. The summed E-state index contributed by atoms with van der Waals surface area (Å²) >= 11 is 4.92. The van der Waals surface area contributed by atoms with Gasteiger partial charge in [0.2, 0.25) is 5.91 Å². The monoisotopic (exact) mass is 306 g/mol. The molecule has 1 amide bonds. The number of hydrogen-bond acceptors (Lipinski definition) is 3. The van der Waals surface area contributed by atoms with Crippen LogP contribution in [0.3, 0.4) is 0 Å². The molecular weight excluding hydrogens is 284 g/mol. The second-order valence-corrected chi connectivity index (χ2v) is 6.04. The first-order valence-corrected chi connectivity index (χ1v) is 7.67. The minimum absolute atomic E-state index is 0.128. The van der Waals surface area contributed by atoms with Crippen LogP contribution < -0.4 is 5.73 Å². The van der Waals surface area contributed by atoms with Crippen molar-refractivity contribution in [3.8, 4) is 0 Å². The van der Waals surface area contributed by atoms with Gasteiger partial charge >= 0.3 is 0 Å². The van der Waals surface area contributed by atoms with Gasteiger partial charge in [-0.25, -0.2) is 0 Å². The van der Waals surface area contributed by atoms with Crippen molar-refractivity contribution < 1.29 is 9.53 Å². The Morgan fingerprint density at radius 2 is 2.14 bits per heavy atom. The number of hydrogen-bond donors (Lipinski definition) is 1. The van der Waals surface area contributed by atoms with E-state index in [0.717, 1.165) is 43.7 Å². The molecule has 0 spiro atoms. The Kier molecular flexibility index (Phi) is 5.70. The molecule has 114 valence electrons. The maximum absolute atomic E-state index is 12.2. The molecule has 1 heterocycles. The Hall–Kier alpha value is -1.46. The highest BCUT2D eigenvalue weighted by Gasteiger charge is 2.18. The number of nitrogens with zero attached hydrogens (tertiary/aromatic N) is 1. The fraction of sp³-hybridized carbons (Fsp3) is 0.500.